The van der Waals surface area contributed by atoms with Gasteiger partial charge in [0.05, 0.1) is 0 Å². The maximum Gasteiger partial charge on any atom is 0.269 e. The summed E-state index contributed by atoms with van der Waals surface area (Å²) in [4.78, 5) is 13.2. The van der Waals surface area contributed by atoms with E-state index in [0.717, 1.165) is 0 Å². The third kappa shape index (κ3) is 1.91. The van der Waals surface area contributed by atoms with Gasteiger partial charge in [0.2, 0.25) is 0 Å². The molecule has 1 aromatic heterocycles. The van der Waals surface area contributed by atoms with Crippen molar-refractivity contribution in [1.29, 1.82) is 0 Å². The van der Waals surface area contributed by atoms with Crippen LogP contribution in [0.2, 0.25) is 0 Å². The molecule has 0 saturated carbocycles. The van der Waals surface area contributed by atoms with Gasteiger partial charge in [0, 0.05) is 32.4 Å². The van der Waals surface area contributed by atoms with E-state index in [4.69, 9.17) is 0 Å². The van der Waals surface area contributed by atoms with E-state index in [9.17, 15) is 4.79 Å². The second-order valence-electron chi connectivity index (χ2n) is 3.53. The number of aromatic nitrogens is 1. The molecule has 0 aliphatic heterocycles. The molecule has 71 valence electrons. The van der Waals surface area contributed by atoms with Gasteiger partial charge in [-0.3, -0.25) is 4.79 Å². The molecule has 0 atom stereocenters. The van der Waals surface area contributed by atoms with Crippen molar-refractivity contribution in [2.24, 2.45) is 0 Å². The van der Waals surface area contributed by atoms with Crippen LogP contribution in [0.1, 0.15) is 30.4 Å². The molecule has 0 spiro atoms. The van der Waals surface area contributed by atoms with Crippen LogP contribution < -0.4 is 0 Å². The first kappa shape index (κ1) is 9.84. The number of rotatable bonds is 2. The zero-order chi connectivity index (χ0) is 10.0. The van der Waals surface area contributed by atoms with E-state index in [2.05, 4.69) is 6.07 Å². The van der Waals surface area contributed by atoms with Crippen LogP contribution in [-0.2, 0) is 0 Å². The SMILES string of the molecule is CC(C)n1c[c]cc1C(=O)N(C)C. The Morgan fingerprint density at radius 2 is 2.15 bits per heavy atom. The summed E-state index contributed by atoms with van der Waals surface area (Å²) in [5, 5.41) is 0. The summed E-state index contributed by atoms with van der Waals surface area (Å²) in [6.45, 7) is 4.08. The van der Waals surface area contributed by atoms with E-state index >= 15 is 0 Å². The minimum absolute atomic E-state index is 0.0231. The lowest BCUT2D eigenvalue weighted by molar-refractivity contribution is 0.0815. The molecule has 3 heteroatoms. The Hall–Kier alpha value is -1.25. The highest BCUT2D eigenvalue weighted by Gasteiger charge is 2.13. The molecular weight excluding hydrogens is 164 g/mol. The molecule has 0 bridgehead atoms. The molecule has 0 aliphatic rings. The van der Waals surface area contributed by atoms with Gasteiger partial charge in [-0.15, -0.1) is 0 Å². The zero-order valence-electron chi connectivity index (χ0n) is 8.53. The van der Waals surface area contributed by atoms with Crippen LogP contribution in [0.25, 0.3) is 0 Å². The molecule has 0 aliphatic carbocycles. The van der Waals surface area contributed by atoms with Gasteiger partial charge < -0.3 is 9.47 Å². The maximum absolute atomic E-state index is 11.6. The standard InChI is InChI=1S/C10H15N2O/c1-8(2)12-7-5-6-9(12)10(13)11(3)4/h6-8H,1-4H3. The molecular formula is C10H15N2O. The van der Waals surface area contributed by atoms with Gasteiger partial charge in [-0.25, -0.2) is 0 Å². The first-order chi connectivity index (χ1) is 6.04. The first-order valence-corrected chi connectivity index (χ1v) is 4.33. The van der Waals surface area contributed by atoms with Gasteiger partial charge in [0.15, 0.2) is 0 Å². The van der Waals surface area contributed by atoms with Crippen LogP contribution in [0.5, 0.6) is 0 Å². The highest BCUT2D eigenvalue weighted by atomic mass is 16.2. The van der Waals surface area contributed by atoms with E-state index in [1.165, 1.54) is 0 Å². The topological polar surface area (TPSA) is 25.2 Å². The van der Waals surface area contributed by atoms with Crippen LogP contribution in [0, 0.1) is 6.07 Å². The minimum Gasteiger partial charge on any atom is -0.343 e. The van der Waals surface area contributed by atoms with Crippen molar-refractivity contribution in [3.63, 3.8) is 0 Å². The summed E-state index contributed by atoms with van der Waals surface area (Å²) in [6.07, 6.45) is 1.81. The summed E-state index contributed by atoms with van der Waals surface area (Å²) in [5.41, 5.74) is 0.694. The van der Waals surface area contributed by atoms with Gasteiger partial charge in [0.25, 0.3) is 5.91 Å². The van der Waals surface area contributed by atoms with Crippen LogP contribution >= 0.6 is 0 Å². The van der Waals surface area contributed by atoms with Gasteiger partial charge in [-0.2, -0.15) is 0 Å². The summed E-state index contributed by atoms with van der Waals surface area (Å²) in [6, 6.07) is 4.95. The Bertz CT molecular complexity index is 300. The molecule has 0 fully saturated rings. The minimum atomic E-state index is 0.0231. The van der Waals surface area contributed by atoms with Crippen molar-refractivity contribution in [2.45, 2.75) is 19.9 Å². The molecule has 0 N–H and O–H groups in total. The normalized spacial score (nSPS) is 10.5. The molecule has 3 nitrogen and oxygen atoms in total. The fourth-order valence-corrected chi connectivity index (χ4v) is 1.17. The summed E-state index contributed by atoms with van der Waals surface area (Å²) in [5.74, 6) is 0.0231. The molecule has 1 heterocycles. The smallest absolute Gasteiger partial charge is 0.269 e. The van der Waals surface area contributed by atoms with Crippen molar-refractivity contribution < 1.29 is 4.79 Å². The lowest BCUT2D eigenvalue weighted by Crippen LogP contribution is -2.24. The second kappa shape index (κ2) is 3.64. The molecule has 0 unspecified atom stereocenters. The van der Waals surface area contributed by atoms with Gasteiger partial charge in [-0.05, 0) is 19.9 Å². The quantitative estimate of drug-likeness (QED) is 0.676. The Morgan fingerprint density at radius 1 is 1.54 bits per heavy atom. The number of nitrogens with zero attached hydrogens (tertiary/aromatic N) is 2. The predicted molar refractivity (Wildman–Crippen MR) is 51.7 cm³/mol. The molecule has 1 rings (SSSR count). The average Bonchev–Trinajstić information content (AvgIpc) is 2.50. The van der Waals surface area contributed by atoms with E-state index in [1.54, 1.807) is 31.3 Å². The lowest BCUT2D eigenvalue weighted by Gasteiger charge is -2.15. The van der Waals surface area contributed by atoms with E-state index < -0.39 is 0 Å². The average molecular weight is 179 g/mol. The van der Waals surface area contributed by atoms with E-state index in [0.29, 0.717) is 11.7 Å². The van der Waals surface area contributed by atoms with E-state index in [1.807, 2.05) is 18.4 Å². The number of hydrogen-bond acceptors (Lipinski definition) is 1. The van der Waals surface area contributed by atoms with Crippen LogP contribution in [0.3, 0.4) is 0 Å². The fourth-order valence-electron chi connectivity index (χ4n) is 1.17. The highest BCUT2D eigenvalue weighted by Crippen LogP contribution is 2.11. The number of carbonyl (C=O) groups is 1. The molecule has 0 aromatic carbocycles. The van der Waals surface area contributed by atoms with Crippen LogP contribution in [0.4, 0.5) is 0 Å². The highest BCUT2D eigenvalue weighted by molar-refractivity contribution is 5.92. The molecule has 1 aromatic rings. The number of carbonyl (C=O) groups excluding carboxylic acids is 1. The number of hydrogen-bond donors (Lipinski definition) is 0. The van der Waals surface area contributed by atoms with Crippen molar-refractivity contribution >= 4 is 5.91 Å². The Labute approximate surface area is 79.0 Å². The van der Waals surface area contributed by atoms with Gasteiger partial charge in [-0.1, -0.05) is 0 Å². The molecule has 13 heavy (non-hydrogen) atoms. The van der Waals surface area contributed by atoms with Crippen LogP contribution in [0.15, 0.2) is 12.3 Å². The molecule has 1 amide bonds. The Balaban J connectivity index is 3.01. The van der Waals surface area contributed by atoms with Crippen molar-refractivity contribution in [3.05, 3.63) is 24.0 Å². The van der Waals surface area contributed by atoms with Crippen molar-refractivity contribution in [3.8, 4) is 0 Å². The number of amides is 1. The van der Waals surface area contributed by atoms with Gasteiger partial charge >= 0.3 is 0 Å². The Kier molecular flexibility index (Phi) is 2.76. The monoisotopic (exact) mass is 179 g/mol. The molecule has 1 radical (unpaired) electrons. The zero-order valence-corrected chi connectivity index (χ0v) is 8.53. The predicted octanol–water partition coefficient (Wildman–Crippen LogP) is 1.57. The van der Waals surface area contributed by atoms with Crippen molar-refractivity contribution in [2.75, 3.05) is 14.1 Å². The lowest BCUT2D eigenvalue weighted by atomic mass is 10.3. The first-order valence-electron chi connectivity index (χ1n) is 4.33. The largest absolute Gasteiger partial charge is 0.343 e. The maximum atomic E-state index is 11.6. The van der Waals surface area contributed by atoms with Gasteiger partial charge in [0.1, 0.15) is 5.69 Å². The second-order valence-corrected chi connectivity index (χ2v) is 3.53. The van der Waals surface area contributed by atoms with Crippen molar-refractivity contribution in [1.82, 2.24) is 9.47 Å². The van der Waals surface area contributed by atoms with E-state index in [-0.39, 0.29) is 5.91 Å². The summed E-state index contributed by atoms with van der Waals surface area (Å²) >= 11 is 0. The third-order valence-corrected chi connectivity index (χ3v) is 1.89. The van der Waals surface area contributed by atoms with Crippen LogP contribution in [-0.4, -0.2) is 29.5 Å². The summed E-state index contributed by atoms with van der Waals surface area (Å²) in [7, 11) is 3.50. The Morgan fingerprint density at radius 3 is 2.62 bits per heavy atom. The fraction of sp³-hybridized carbons (Fsp3) is 0.500. The summed E-state index contributed by atoms with van der Waals surface area (Å²) < 4.78 is 1.92. The molecule has 0 saturated heterocycles. The third-order valence-electron chi connectivity index (χ3n) is 1.89.